The van der Waals surface area contributed by atoms with Crippen molar-refractivity contribution < 1.29 is 19.0 Å². The Bertz CT molecular complexity index is 1080. The standard InChI is InChI=1S/C27H30N2O4/c1-31-22-11-9-20(10-12-22)27(30)28-17-24-23-16-26(33-3)25(32-2)15-21(23)13-14-29(24)18-19-7-5-4-6-8-19/h4-12,15-16,24H,13-14,17-18H2,1-3H3,(H,28,30)/t24-/m1/s1. The van der Waals surface area contributed by atoms with Gasteiger partial charge < -0.3 is 19.5 Å². The number of hydrogen-bond donors (Lipinski definition) is 1. The lowest BCUT2D eigenvalue weighted by molar-refractivity contribution is 0.0926. The van der Waals surface area contributed by atoms with Crippen LogP contribution >= 0.6 is 0 Å². The topological polar surface area (TPSA) is 60.0 Å². The summed E-state index contributed by atoms with van der Waals surface area (Å²) < 4.78 is 16.3. The molecule has 3 aromatic rings. The number of amides is 1. The number of carbonyl (C=O) groups is 1. The number of hydrogen-bond acceptors (Lipinski definition) is 5. The van der Waals surface area contributed by atoms with Crippen molar-refractivity contribution >= 4 is 5.91 Å². The summed E-state index contributed by atoms with van der Waals surface area (Å²) >= 11 is 0. The van der Waals surface area contributed by atoms with Crippen molar-refractivity contribution in [1.29, 1.82) is 0 Å². The molecule has 0 radical (unpaired) electrons. The third-order valence-corrected chi connectivity index (χ3v) is 6.15. The van der Waals surface area contributed by atoms with Gasteiger partial charge in [-0.05, 0) is 59.5 Å². The molecule has 0 saturated carbocycles. The van der Waals surface area contributed by atoms with Crippen molar-refractivity contribution in [3.05, 3.63) is 89.0 Å². The van der Waals surface area contributed by atoms with Crippen molar-refractivity contribution in [3.63, 3.8) is 0 Å². The minimum absolute atomic E-state index is 0.0101. The van der Waals surface area contributed by atoms with Gasteiger partial charge in [-0.1, -0.05) is 30.3 Å². The molecule has 172 valence electrons. The maximum atomic E-state index is 12.9. The highest BCUT2D eigenvalue weighted by Gasteiger charge is 2.29. The quantitative estimate of drug-likeness (QED) is 0.561. The zero-order valence-electron chi connectivity index (χ0n) is 19.3. The molecule has 0 saturated heterocycles. The van der Waals surface area contributed by atoms with Crippen LogP contribution in [-0.2, 0) is 13.0 Å². The largest absolute Gasteiger partial charge is 0.497 e. The van der Waals surface area contributed by atoms with Gasteiger partial charge in [0.1, 0.15) is 5.75 Å². The molecule has 4 rings (SSSR count). The molecule has 0 bridgehead atoms. The summed E-state index contributed by atoms with van der Waals surface area (Å²) in [7, 11) is 4.91. The van der Waals surface area contributed by atoms with Gasteiger partial charge >= 0.3 is 0 Å². The van der Waals surface area contributed by atoms with Gasteiger partial charge in [0, 0.05) is 25.2 Å². The van der Waals surface area contributed by atoms with Crippen LogP contribution in [0.1, 0.15) is 33.1 Å². The van der Waals surface area contributed by atoms with E-state index in [0.717, 1.165) is 36.6 Å². The fraction of sp³-hybridized carbons (Fsp3) is 0.296. The van der Waals surface area contributed by atoms with E-state index in [1.54, 1.807) is 45.6 Å². The monoisotopic (exact) mass is 446 g/mol. The molecular formula is C27H30N2O4. The normalized spacial score (nSPS) is 15.4. The van der Waals surface area contributed by atoms with E-state index in [-0.39, 0.29) is 11.9 Å². The predicted molar refractivity (Wildman–Crippen MR) is 128 cm³/mol. The predicted octanol–water partition coefficient (Wildman–Crippen LogP) is 4.24. The summed E-state index contributed by atoms with van der Waals surface area (Å²) in [5.74, 6) is 2.05. The number of nitrogens with one attached hydrogen (secondary N) is 1. The second-order valence-electron chi connectivity index (χ2n) is 8.07. The Hall–Kier alpha value is -3.51. The Morgan fingerprint density at radius 3 is 2.30 bits per heavy atom. The summed E-state index contributed by atoms with van der Waals surface area (Å²) in [6.07, 6.45) is 0.908. The van der Waals surface area contributed by atoms with Crippen LogP contribution in [0.3, 0.4) is 0 Å². The molecule has 3 aromatic carbocycles. The molecule has 1 heterocycles. The molecule has 0 spiro atoms. The minimum atomic E-state index is -0.107. The maximum absolute atomic E-state index is 12.9. The first-order chi connectivity index (χ1) is 16.1. The number of fused-ring (bicyclic) bond motifs is 1. The summed E-state index contributed by atoms with van der Waals surface area (Å²) in [5, 5.41) is 3.14. The second kappa shape index (κ2) is 10.4. The van der Waals surface area contributed by atoms with Gasteiger partial charge in [-0.2, -0.15) is 0 Å². The molecule has 0 aromatic heterocycles. The van der Waals surface area contributed by atoms with E-state index in [1.165, 1.54) is 11.1 Å². The van der Waals surface area contributed by atoms with Crippen LogP contribution in [-0.4, -0.2) is 45.2 Å². The van der Waals surface area contributed by atoms with Gasteiger partial charge in [0.2, 0.25) is 0 Å². The zero-order chi connectivity index (χ0) is 23.2. The Morgan fingerprint density at radius 1 is 0.939 bits per heavy atom. The van der Waals surface area contributed by atoms with E-state index in [9.17, 15) is 4.79 Å². The number of methoxy groups -OCH3 is 3. The molecular weight excluding hydrogens is 416 g/mol. The smallest absolute Gasteiger partial charge is 0.251 e. The highest BCUT2D eigenvalue weighted by Crippen LogP contribution is 2.38. The lowest BCUT2D eigenvalue weighted by Gasteiger charge is -2.38. The molecule has 6 heteroatoms. The van der Waals surface area contributed by atoms with E-state index in [0.29, 0.717) is 17.9 Å². The van der Waals surface area contributed by atoms with Gasteiger partial charge in [0.25, 0.3) is 5.91 Å². The molecule has 1 aliphatic rings. The van der Waals surface area contributed by atoms with E-state index in [1.807, 2.05) is 6.07 Å². The number of ether oxygens (including phenoxy) is 3. The van der Waals surface area contributed by atoms with Crippen LogP contribution in [0, 0.1) is 0 Å². The molecule has 1 aliphatic heterocycles. The average molecular weight is 447 g/mol. The van der Waals surface area contributed by atoms with Crippen molar-refractivity contribution in [3.8, 4) is 17.2 Å². The van der Waals surface area contributed by atoms with Crippen molar-refractivity contribution in [1.82, 2.24) is 10.2 Å². The Kier molecular flexibility index (Phi) is 7.15. The fourth-order valence-electron chi connectivity index (χ4n) is 4.36. The minimum Gasteiger partial charge on any atom is -0.497 e. The van der Waals surface area contributed by atoms with Gasteiger partial charge in [-0.25, -0.2) is 0 Å². The third kappa shape index (κ3) is 5.12. The molecule has 0 unspecified atom stereocenters. The van der Waals surface area contributed by atoms with E-state index in [2.05, 4.69) is 46.6 Å². The first-order valence-electron chi connectivity index (χ1n) is 11.1. The summed E-state index contributed by atoms with van der Waals surface area (Å²) in [6.45, 7) is 2.18. The van der Waals surface area contributed by atoms with Crippen LogP contribution in [0.5, 0.6) is 17.2 Å². The Labute approximate surface area is 195 Å². The zero-order valence-corrected chi connectivity index (χ0v) is 19.3. The molecule has 1 N–H and O–H groups in total. The van der Waals surface area contributed by atoms with Gasteiger partial charge in [0.05, 0.1) is 27.4 Å². The number of carbonyl (C=O) groups excluding carboxylic acids is 1. The third-order valence-electron chi connectivity index (χ3n) is 6.15. The lowest BCUT2D eigenvalue weighted by atomic mass is 9.91. The first-order valence-corrected chi connectivity index (χ1v) is 11.1. The van der Waals surface area contributed by atoms with Crippen LogP contribution < -0.4 is 19.5 Å². The summed E-state index contributed by atoms with van der Waals surface area (Å²) in [5.41, 5.74) is 4.23. The molecule has 0 fully saturated rings. The maximum Gasteiger partial charge on any atom is 0.251 e. The fourth-order valence-corrected chi connectivity index (χ4v) is 4.36. The molecule has 6 nitrogen and oxygen atoms in total. The van der Waals surface area contributed by atoms with Crippen molar-refractivity contribution in [2.24, 2.45) is 0 Å². The average Bonchev–Trinajstić information content (AvgIpc) is 2.87. The lowest BCUT2D eigenvalue weighted by Crippen LogP contribution is -2.41. The molecule has 33 heavy (non-hydrogen) atoms. The van der Waals surface area contributed by atoms with Crippen LogP contribution in [0.4, 0.5) is 0 Å². The summed E-state index contributed by atoms with van der Waals surface area (Å²) in [4.78, 5) is 15.3. The Balaban J connectivity index is 1.60. The summed E-state index contributed by atoms with van der Waals surface area (Å²) in [6, 6.07) is 21.7. The SMILES string of the molecule is COc1ccc(C(=O)NC[C@@H]2c3cc(OC)c(OC)cc3CCN2Cc2ccccc2)cc1. The second-order valence-corrected chi connectivity index (χ2v) is 8.07. The Morgan fingerprint density at radius 2 is 1.64 bits per heavy atom. The van der Waals surface area contributed by atoms with Crippen molar-refractivity contribution in [2.45, 2.75) is 19.0 Å². The first kappa shape index (κ1) is 22.7. The van der Waals surface area contributed by atoms with Gasteiger partial charge in [0.15, 0.2) is 11.5 Å². The number of rotatable bonds is 8. The number of benzene rings is 3. The van der Waals surface area contributed by atoms with Crippen LogP contribution in [0.15, 0.2) is 66.7 Å². The van der Waals surface area contributed by atoms with Gasteiger partial charge in [-0.15, -0.1) is 0 Å². The number of nitrogens with zero attached hydrogens (tertiary/aromatic N) is 1. The van der Waals surface area contributed by atoms with Crippen molar-refractivity contribution in [2.75, 3.05) is 34.4 Å². The van der Waals surface area contributed by atoms with E-state index in [4.69, 9.17) is 14.2 Å². The highest BCUT2D eigenvalue weighted by molar-refractivity contribution is 5.94. The van der Waals surface area contributed by atoms with E-state index >= 15 is 0 Å². The van der Waals surface area contributed by atoms with Crippen LogP contribution in [0.2, 0.25) is 0 Å². The molecule has 1 atom stereocenters. The molecule has 0 aliphatic carbocycles. The van der Waals surface area contributed by atoms with Gasteiger partial charge in [-0.3, -0.25) is 9.69 Å². The molecule has 1 amide bonds. The van der Waals surface area contributed by atoms with E-state index < -0.39 is 0 Å². The highest BCUT2D eigenvalue weighted by atomic mass is 16.5. The van der Waals surface area contributed by atoms with Crippen LogP contribution in [0.25, 0.3) is 0 Å².